The predicted octanol–water partition coefficient (Wildman–Crippen LogP) is 0.297. The smallest absolute Gasteiger partial charge is 0.407 e. The third-order valence-corrected chi connectivity index (χ3v) is 2.70. The van der Waals surface area contributed by atoms with Gasteiger partial charge in [0.05, 0.1) is 18.8 Å². The molecule has 1 atom stereocenters. The summed E-state index contributed by atoms with van der Waals surface area (Å²) in [5, 5.41) is 11.7. The zero-order valence-electron chi connectivity index (χ0n) is 11.4. The Labute approximate surface area is 112 Å². The number of nitrogens with one attached hydrogen (secondary N) is 1. The molecule has 0 aliphatic carbocycles. The average molecular weight is 274 g/mol. The number of amides is 2. The van der Waals surface area contributed by atoms with E-state index in [1.807, 2.05) is 13.8 Å². The van der Waals surface area contributed by atoms with Crippen molar-refractivity contribution in [2.75, 3.05) is 32.8 Å². The van der Waals surface area contributed by atoms with E-state index < -0.39 is 6.09 Å². The molecule has 0 spiro atoms. The molecule has 0 radical (unpaired) electrons. The van der Waals surface area contributed by atoms with Gasteiger partial charge in [-0.2, -0.15) is 0 Å². The first-order valence-electron chi connectivity index (χ1n) is 6.46. The maximum Gasteiger partial charge on any atom is 0.407 e. The van der Waals surface area contributed by atoms with E-state index in [0.717, 1.165) is 0 Å². The molecule has 1 unspecified atom stereocenters. The van der Waals surface area contributed by atoms with Crippen molar-refractivity contribution in [3.05, 3.63) is 0 Å². The standard InChI is InChI=1S/C12H22N2O5/c1-9(2)19-8-11(15)13-6-10-7-14(12(16)17)4-3-5-18-10/h9-10H,3-8H2,1-2H3,(H,13,15)(H,16,17). The number of ether oxygens (including phenoxy) is 2. The number of carbonyl (C=O) groups excluding carboxylic acids is 1. The first-order valence-corrected chi connectivity index (χ1v) is 6.46. The lowest BCUT2D eigenvalue weighted by molar-refractivity contribution is -0.127. The second kappa shape index (κ2) is 7.96. The highest BCUT2D eigenvalue weighted by molar-refractivity contribution is 5.77. The number of carbonyl (C=O) groups is 2. The maximum atomic E-state index is 11.5. The Morgan fingerprint density at radius 3 is 2.89 bits per heavy atom. The molecule has 7 heteroatoms. The summed E-state index contributed by atoms with van der Waals surface area (Å²) >= 11 is 0. The quantitative estimate of drug-likeness (QED) is 0.752. The Kier molecular flexibility index (Phi) is 6.58. The fraction of sp³-hybridized carbons (Fsp3) is 0.833. The molecule has 7 nitrogen and oxygen atoms in total. The molecule has 1 rings (SSSR count). The van der Waals surface area contributed by atoms with Crippen LogP contribution >= 0.6 is 0 Å². The van der Waals surface area contributed by atoms with Crippen LogP contribution < -0.4 is 5.32 Å². The molecule has 1 aliphatic rings. The van der Waals surface area contributed by atoms with Gasteiger partial charge in [0, 0.05) is 19.7 Å². The van der Waals surface area contributed by atoms with Crippen molar-refractivity contribution in [2.45, 2.75) is 32.5 Å². The van der Waals surface area contributed by atoms with Gasteiger partial charge in [-0.15, -0.1) is 0 Å². The first-order chi connectivity index (χ1) is 8.99. The summed E-state index contributed by atoms with van der Waals surface area (Å²) in [4.78, 5) is 23.7. The topological polar surface area (TPSA) is 88.1 Å². The molecule has 2 amide bonds. The van der Waals surface area contributed by atoms with Crippen molar-refractivity contribution < 1.29 is 24.2 Å². The number of rotatable bonds is 5. The molecule has 0 saturated carbocycles. The molecule has 1 heterocycles. The Morgan fingerprint density at radius 2 is 2.26 bits per heavy atom. The molecular weight excluding hydrogens is 252 g/mol. The van der Waals surface area contributed by atoms with Crippen LogP contribution in [0.5, 0.6) is 0 Å². The van der Waals surface area contributed by atoms with Gasteiger partial charge in [0.1, 0.15) is 6.61 Å². The molecular formula is C12H22N2O5. The molecule has 110 valence electrons. The van der Waals surface area contributed by atoms with E-state index in [0.29, 0.717) is 26.1 Å². The Hall–Kier alpha value is -1.34. The van der Waals surface area contributed by atoms with Crippen LogP contribution in [0.25, 0.3) is 0 Å². The van der Waals surface area contributed by atoms with E-state index in [4.69, 9.17) is 14.6 Å². The maximum absolute atomic E-state index is 11.5. The lowest BCUT2D eigenvalue weighted by atomic mass is 10.3. The van der Waals surface area contributed by atoms with Crippen molar-refractivity contribution in [3.63, 3.8) is 0 Å². The van der Waals surface area contributed by atoms with Crippen molar-refractivity contribution in [2.24, 2.45) is 0 Å². The molecule has 0 aromatic carbocycles. The Bertz CT molecular complexity index is 308. The minimum absolute atomic E-state index is 0.00221. The zero-order chi connectivity index (χ0) is 14.3. The Morgan fingerprint density at radius 1 is 1.53 bits per heavy atom. The van der Waals surface area contributed by atoms with Crippen LogP contribution in [0, 0.1) is 0 Å². The summed E-state index contributed by atoms with van der Waals surface area (Å²) in [5.41, 5.74) is 0. The number of carboxylic acid groups (broad SMARTS) is 1. The lowest BCUT2D eigenvalue weighted by Gasteiger charge is -2.21. The number of hydrogen-bond donors (Lipinski definition) is 2. The third kappa shape index (κ3) is 6.40. The summed E-state index contributed by atoms with van der Waals surface area (Å²) in [6.07, 6.45) is -0.582. The third-order valence-electron chi connectivity index (χ3n) is 2.70. The summed E-state index contributed by atoms with van der Waals surface area (Å²) in [7, 11) is 0. The molecule has 0 aromatic rings. The van der Waals surface area contributed by atoms with Crippen molar-refractivity contribution in [1.29, 1.82) is 0 Å². The van der Waals surface area contributed by atoms with E-state index in [-0.39, 0.29) is 31.3 Å². The van der Waals surface area contributed by atoms with E-state index in [2.05, 4.69) is 5.32 Å². The highest BCUT2D eigenvalue weighted by Crippen LogP contribution is 2.05. The predicted molar refractivity (Wildman–Crippen MR) is 68.1 cm³/mol. The summed E-state index contributed by atoms with van der Waals surface area (Å²) in [6, 6.07) is 0. The van der Waals surface area contributed by atoms with E-state index in [1.54, 1.807) is 0 Å². The van der Waals surface area contributed by atoms with Crippen LogP contribution in [0.4, 0.5) is 4.79 Å². The highest BCUT2D eigenvalue weighted by Gasteiger charge is 2.22. The molecule has 1 fully saturated rings. The van der Waals surface area contributed by atoms with Gasteiger partial charge < -0.3 is 24.8 Å². The fourth-order valence-electron chi connectivity index (χ4n) is 1.71. The SMILES string of the molecule is CC(C)OCC(=O)NCC1CN(C(=O)O)CCCO1. The van der Waals surface area contributed by atoms with Crippen molar-refractivity contribution in [1.82, 2.24) is 10.2 Å². The van der Waals surface area contributed by atoms with Crippen LogP contribution in [0.1, 0.15) is 20.3 Å². The van der Waals surface area contributed by atoms with Crippen LogP contribution in [-0.4, -0.2) is 67.1 Å². The second-order valence-electron chi connectivity index (χ2n) is 4.74. The van der Waals surface area contributed by atoms with E-state index >= 15 is 0 Å². The highest BCUT2D eigenvalue weighted by atomic mass is 16.5. The second-order valence-corrected chi connectivity index (χ2v) is 4.74. The van der Waals surface area contributed by atoms with Crippen molar-refractivity contribution >= 4 is 12.0 Å². The summed E-state index contributed by atoms with van der Waals surface area (Å²) in [5.74, 6) is -0.219. The van der Waals surface area contributed by atoms with Crippen LogP contribution in [0.2, 0.25) is 0 Å². The van der Waals surface area contributed by atoms with Gasteiger partial charge in [-0.25, -0.2) is 4.79 Å². The van der Waals surface area contributed by atoms with Gasteiger partial charge >= 0.3 is 6.09 Å². The van der Waals surface area contributed by atoms with Crippen LogP contribution in [-0.2, 0) is 14.3 Å². The fourth-order valence-corrected chi connectivity index (χ4v) is 1.71. The number of nitrogens with zero attached hydrogens (tertiary/aromatic N) is 1. The van der Waals surface area contributed by atoms with Gasteiger partial charge in [0.25, 0.3) is 0 Å². The van der Waals surface area contributed by atoms with Gasteiger partial charge in [-0.05, 0) is 20.3 Å². The molecule has 1 saturated heterocycles. The molecule has 2 N–H and O–H groups in total. The van der Waals surface area contributed by atoms with Gasteiger partial charge in [0.2, 0.25) is 5.91 Å². The van der Waals surface area contributed by atoms with Crippen LogP contribution in [0.15, 0.2) is 0 Å². The average Bonchev–Trinajstić information content (AvgIpc) is 2.59. The zero-order valence-corrected chi connectivity index (χ0v) is 11.4. The first kappa shape index (κ1) is 15.7. The number of hydrogen-bond acceptors (Lipinski definition) is 4. The monoisotopic (exact) mass is 274 g/mol. The minimum atomic E-state index is -0.954. The molecule has 19 heavy (non-hydrogen) atoms. The lowest BCUT2D eigenvalue weighted by Crippen LogP contribution is -2.42. The largest absolute Gasteiger partial charge is 0.465 e. The van der Waals surface area contributed by atoms with E-state index in [9.17, 15) is 9.59 Å². The van der Waals surface area contributed by atoms with Gasteiger partial charge in [-0.3, -0.25) is 4.79 Å². The normalized spacial score (nSPS) is 20.2. The van der Waals surface area contributed by atoms with Crippen LogP contribution in [0.3, 0.4) is 0 Å². The Balaban J connectivity index is 2.30. The van der Waals surface area contributed by atoms with Gasteiger partial charge in [0.15, 0.2) is 0 Å². The molecule has 0 bridgehead atoms. The van der Waals surface area contributed by atoms with E-state index in [1.165, 1.54) is 4.90 Å². The van der Waals surface area contributed by atoms with Crippen molar-refractivity contribution in [3.8, 4) is 0 Å². The minimum Gasteiger partial charge on any atom is -0.465 e. The summed E-state index contributed by atoms with van der Waals surface area (Å²) in [6.45, 7) is 5.26. The van der Waals surface area contributed by atoms with Gasteiger partial charge in [-0.1, -0.05) is 0 Å². The summed E-state index contributed by atoms with van der Waals surface area (Å²) < 4.78 is 10.7. The molecule has 0 aromatic heterocycles. The molecule has 1 aliphatic heterocycles.